The minimum Gasteiger partial charge on any atom is -0.388 e. The van der Waals surface area contributed by atoms with Crippen molar-refractivity contribution in [1.29, 1.82) is 0 Å². The monoisotopic (exact) mass is 250 g/mol. The quantitative estimate of drug-likeness (QED) is 0.372. The Hall–Kier alpha value is -1.33. The molecule has 100 valence electrons. The van der Waals surface area contributed by atoms with Crippen molar-refractivity contribution >= 4 is 11.5 Å². The van der Waals surface area contributed by atoms with E-state index in [2.05, 4.69) is 15.7 Å². The van der Waals surface area contributed by atoms with Crippen molar-refractivity contribution in [2.75, 3.05) is 17.3 Å². The molecule has 1 fully saturated rings. The summed E-state index contributed by atoms with van der Waals surface area (Å²) >= 11 is 0. The van der Waals surface area contributed by atoms with Gasteiger partial charge in [0.1, 0.15) is 5.82 Å². The summed E-state index contributed by atoms with van der Waals surface area (Å²) in [6.07, 6.45) is 8.15. The van der Waals surface area contributed by atoms with Gasteiger partial charge >= 0.3 is 0 Å². The molecule has 0 unspecified atom stereocenters. The van der Waals surface area contributed by atoms with Crippen LogP contribution in [0, 0.1) is 0 Å². The summed E-state index contributed by atoms with van der Waals surface area (Å²) in [5.74, 6) is 5.93. The number of nitrogens with two attached hydrogens (primary N) is 1. The van der Waals surface area contributed by atoms with Gasteiger partial charge < -0.3 is 15.8 Å². The number of hydrogen-bond acceptors (Lipinski definition) is 5. The molecule has 5 heteroatoms. The molecular formula is C13H22N4O. The molecule has 0 aliphatic heterocycles. The third kappa shape index (κ3) is 3.58. The van der Waals surface area contributed by atoms with Crippen LogP contribution in [0.4, 0.5) is 11.5 Å². The van der Waals surface area contributed by atoms with E-state index in [1.54, 1.807) is 6.20 Å². The Bertz CT molecular complexity index is 375. The fourth-order valence-corrected chi connectivity index (χ4v) is 2.45. The second kappa shape index (κ2) is 6.02. The van der Waals surface area contributed by atoms with E-state index in [1.165, 1.54) is 12.8 Å². The Morgan fingerprint density at radius 3 is 2.67 bits per heavy atom. The number of hydrazine groups is 1. The highest BCUT2D eigenvalue weighted by Gasteiger charge is 2.27. The Balaban J connectivity index is 1.92. The zero-order valence-corrected chi connectivity index (χ0v) is 10.7. The van der Waals surface area contributed by atoms with E-state index in [-0.39, 0.29) is 0 Å². The molecule has 0 saturated heterocycles. The smallest absolute Gasteiger partial charge is 0.141 e. The predicted octanol–water partition coefficient (Wildman–Crippen LogP) is 1.86. The van der Waals surface area contributed by atoms with Crippen molar-refractivity contribution in [3.8, 4) is 0 Å². The molecule has 18 heavy (non-hydrogen) atoms. The standard InChI is InChI=1S/C13H22N4O/c14-17-12-9-11(5-8-15-12)16-10-13(18)6-3-1-2-4-7-13/h5,8-9,18H,1-4,6-7,10,14H2,(H2,15,16,17). The van der Waals surface area contributed by atoms with Crippen LogP contribution in [0.2, 0.25) is 0 Å². The maximum Gasteiger partial charge on any atom is 0.141 e. The highest BCUT2D eigenvalue weighted by Crippen LogP contribution is 2.27. The topological polar surface area (TPSA) is 83.2 Å². The fourth-order valence-electron chi connectivity index (χ4n) is 2.45. The third-order valence-electron chi connectivity index (χ3n) is 3.56. The van der Waals surface area contributed by atoms with Gasteiger partial charge in [0.15, 0.2) is 0 Å². The Morgan fingerprint density at radius 2 is 2.00 bits per heavy atom. The van der Waals surface area contributed by atoms with Crippen molar-refractivity contribution in [2.24, 2.45) is 5.84 Å². The fraction of sp³-hybridized carbons (Fsp3) is 0.615. The number of aliphatic hydroxyl groups is 1. The molecule has 5 nitrogen and oxygen atoms in total. The van der Waals surface area contributed by atoms with Crippen LogP contribution >= 0.6 is 0 Å². The molecule has 1 heterocycles. The molecule has 0 spiro atoms. The summed E-state index contributed by atoms with van der Waals surface area (Å²) in [4.78, 5) is 4.05. The lowest BCUT2D eigenvalue weighted by molar-refractivity contribution is 0.0381. The maximum absolute atomic E-state index is 10.5. The van der Waals surface area contributed by atoms with E-state index in [1.807, 2.05) is 12.1 Å². The largest absolute Gasteiger partial charge is 0.388 e. The van der Waals surface area contributed by atoms with Crippen molar-refractivity contribution < 1.29 is 5.11 Å². The van der Waals surface area contributed by atoms with E-state index in [0.29, 0.717) is 12.4 Å². The average Bonchev–Trinajstić information content (AvgIpc) is 2.62. The van der Waals surface area contributed by atoms with Gasteiger partial charge in [-0.3, -0.25) is 0 Å². The number of anilines is 2. The number of aromatic nitrogens is 1. The van der Waals surface area contributed by atoms with Crippen molar-refractivity contribution in [2.45, 2.75) is 44.1 Å². The molecule has 2 rings (SSSR count). The van der Waals surface area contributed by atoms with Gasteiger partial charge in [-0.15, -0.1) is 0 Å². The summed E-state index contributed by atoms with van der Waals surface area (Å²) in [5, 5.41) is 13.8. The number of hydrogen-bond donors (Lipinski definition) is 4. The molecule has 1 aliphatic rings. The second-order valence-corrected chi connectivity index (χ2v) is 5.07. The van der Waals surface area contributed by atoms with Gasteiger partial charge in [0.25, 0.3) is 0 Å². The molecule has 0 aromatic carbocycles. The van der Waals surface area contributed by atoms with Crippen LogP contribution in [0.5, 0.6) is 0 Å². The van der Waals surface area contributed by atoms with Gasteiger partial charge in [-0.1, -0.05) is 25.7 Å². The van der Waals surface area contributed by atoms with Gasteiger partial charge in [0, 0.05) is 24.5 Å². The Morgan fingerprint density at radius 1 is 1.28 bits per heavy atom. The molecule has 1 aromatic rings. The van der Waals surface area contributed by atoms with Crippen LogP contribution in [0.25, 0.3) is 0 Å². The summed E-state index contributed by atoms with van der Waals surface area (Å²) in [6.45, 7) is 0.584. The normalized spacial score (nSPS) is 19.0. The van der Waals surface area contributed by atoms with E-state index in [4.69, 9.17) is 5.84 Å². The van der Waals surface area contributed by atoms with Gasteiger partial charge in [-0.25, -0.2) is 10.8 Å². The molecule has 1 aliphatic carbocycles. The first-order valence-corrected chi connectivity index (χ1v) is 6.61. The van der Waals surface area contributed by atoms with Crippen LogP contribution in [-0.2, 0) is 0 Å². The lowest BCUT2D eigenvalue weighted by atomic mass is 9.94. The zero-order valence-electron chi connectivity index (χ0n) is 10.7. The summed E-state index contributed by atoms with van der Waals surface area (Å²) < 4.78 is 0. The SMILES string of the molecule is NNc1cc(NCC2(O)CCCCCC2)ccn1. The third-order valence-corrected chi connectivity index (χ3v) is 3.56. The number of rotatable bonds is 4. The molecule has 1 saturated carbocycles. The highest BCUT2D eigenvalue weighted by molar-refractivity contribution is 5.51. The first-order chi connectivity index (χ1) is 8.72. The summed E-state index contributed by atoms with van der Waals surface area (Å²) in [5.41, 5.74) is 2.86. The van der Waals surface area contributed by atoms with Crippen molar-refractivity contribution in [3.05, 3.63) is 18.3 Å². The van der Waals surface area contributed by atoms with E-state index in [9.17, 15) is 5.11 Å². The lowest BCUT2D eigenvalue weighted by Gasteiger charge is -2.27. The van der Waals surface area contributed by atoms with Gasteiger partial charge in [0.2, 0.25) is 0 Å². The summed E-state index contributed by atoms with van der Waals surface area (Å²) in [6, 6.07) is 3.71. The van der Waals surface area contributed by atoms with E-state index < -0.39 is 5.60 Å². The highest BCUT2D eigenvalue weighted by atomic mass is 16.3. The van der Waals surface area contributed by atoms with E-state index in [0.717, 1.165) is 31.4 Å². The van der Waals surface area contributed by atoms with Crippen LogP contribution in [0.15, 0.2) is 18.3 Å². The Labute approximate surface area is 108 Å². The molecule has 0 amide bonds. The van der Waals surface area contributed by atoms with Crippen LogP contribution < -0.4 is 16.6 Å². The molecule has 1 aromatic heterocycles. The molecular weight excluding hydrogens is 228 g/mol. The number of nitrogens with zero attached hydrogens (tertiary/aromatic N) is 1. The number of nitrogens with one attached hydrogen (secondary N) is 2. The summed E-state index contributed by atoms with van der Waals surface area (Å²) in [7, 11) is 0. The molecule has 0 radical (unpaired) electrons. The van der Waals surface area contributed by atoms with Crippen molar-refractivity contribution in [3.63, 3.8) is 0 Å². The molecule has 5 N–H and O–H groups in total. The number of nitrogen functional groups attached to an aromatic ring is 1. The second-order valence-electron chi connectivity index (χ2n) is 5.07. The van der Waals surface area contributed by atoms with E-state index >= 15 is 0 Å². The number of pyridine rings is 1. The zero-order chi connectivity index (χ0) is 12.8. The van der Waals surface area contributed by atoms with Crippen LogP contribution in [0.1, 0.15) is 38.5 Å². The Kier molecular flexibility index (Phi) is 4.38. The average molecular weight is 250 g/mol. The molecule has 0 bridgehead atoms. The van der Waals surface area contributed by atoms with Gasteiger partial charge in [0.05, 0.1) is 5.60 Å². The lowest BCUT2D eigenvalue weighted by Crippen LogP contribution is -2.36. The first kappa shape index (κ1) is 13.1. The minimum absolute atomic E-state index is 0.573. The maximum atomic E-state index is 10.5. The van der Waals surface area contributed by atoms with Gasteiger partial charge in [-0.2, -0.15) is 0 Å². The minimum atomic E-state index is -0.573. The van der Waals surface area contributed by atoms with Gasteiger partial charge in [-0.05, 0) is 18.9 Å². The predicted molar refractivity (Wildman–Crippen MR) is 73.2 cm³/mol. The van der Waals surface area contributed by atoms with Crippen LogP contribution in [0.3, 0.4) is 0 Å². The van der Waals surface area contributed by atoms with Crippen LogP contribution in [-0.4, -0.2) is 22.2 Å². The first-order valence-electron chi connectivity index (χ1n) is 6.61. The van der Waals surface area contributed by atoms with Crippen molar-refractivity contribution in [1.82, 2.24) is 4.98 Å². The molecule has 0 atom stereocenters.